The van der Waals surface area contributed by atoms with Gasteiger partial charge in [-0.25, -0.2) is 9.97 Å². The summed E-state index contributed by atoms with van der Waals surface area (Å²) in [6.07, 6.45) is 3.37. The molecule has 0 saturated carbocycles. The quantitative estimate of drug-likeness (QED) is 0.648. The van der Waals surface area contributed by atoms with E-state index in [-0.39, 0.29) is 0 Å². The van der Waals surface area contributed by atoms with Crippen molar-refractivity contribution >= 4 is 22.6 Å². The van der Waals surface area contributed by atoms with Crippen LogP contribution >= 0.6 is 11.6 Å². The van der Waals surface area contributed by atoms with Crippen LogP contribution in [-0.2, 0) is 5.88 Å². The minimum absolute atomic E-state index is 0.401. The molecular weight excluding hydrogens is 238 g/mol. The normalized spacial score (nSPS) is 10.9. The highest BCUT2D eigenvalue weighted by molar-refractivity contribution is 6.17. The molecular formula is C11H8ClN5. The fourth-order valence-corrected chi connectivity index (χ4v) is 1.68. The highest BCUT2D eigenvalue weighted by Gasteiger charge is 2.07. The number of alkyl halides is 1. The van der Waals surface area contributed by atoms with E-state index < -0.39 is 0 Å². The lowest BCUT2D eigenvalue weighted by molar-refractivity contribution is 0.771. The summed E-state index contributed by atoms with van der Waals surface area (Å²) in [7, 11) is 0. The molecule has 0 saturated heterocycles. The summed E-state index contributed by atoms with van der Waals surface area (Å²) in [5.74, 6) is 0.894. The van der Waals surface area contributed by atoms with Crippen molar-refractivity contribution in [1.29, 1.82) is 0 Å². The predicted octanol–water partition coefficient (Wildman–Crippen LogP) is 1.95. The van der Waals surface area contributed by atoms with Gasteiger partial charge in [0.25, 0.3) is 5.95 Å². The summed E-state index contributed by atoms with van der Waals surface area (Å²) < 4.78 is 1.60. The molecule has 17 heavy (non-hydrogen) atoms. The molecule has 0 aliphatic heterocycles. The highest BCUT2D eigenvalue weighted by Crippen LogP contribution is 2.12. The van der Waals surface area contributed by atoms with Crippen molar-refractivity contribution in [3.8, 4) is 5.95 Å². The van der Waals surface area contributed by atoms with Gasteiger partial charge in [0, 0.05) is 18.0 Å². The van der Waals surface area contributed by atoms with E-state index in [1.165, 1.54) is 0 Å². The van der Waals surface area contributed by atoms with Gasteiger partial charge in [-0.3, -0.25) is 0 Å². The average molecular weight is 246 g/mol. The third-order valence-corrected chi connectivity index (χ3v) is 2.70. The number of nitrogens with zero attached hydrogens (tertiary/aromatic N) is 5. The Labute approximate surface area is 102 Å². The van der Waals surface area contributed by atoms with Gasteiger partial charge < -0.3 is 0 Å². The molecule has 5 nitrogen and oxygen atoms in total. The van der Waals surface area contributed by atoms with Crippen LogP contribution in [0, 0.1) is 0 Å². The first-order chi connectivity index (χ1) is 8.38. The number of para-hydroxylation sites is 1. The maximum atomic E-state index is 5.68. The lowest BCUT2D eigenvalue weighted by atomic mass is 10.3. The number of aromatic nitrogens is 5. The Morgan fingerprint density at radius 1 is 1.12 bits per heavy atom. The number of hydrogen-bond donors (Lipinski definition) is 0. The van der Waals surface area contributed by atoms with Crippen LogP contribution < -0.4 is 0 Å². The number of rotatable bonds is 2. The standard InChI is InChI=1S/C11H8ClN5/c12-5-8-6-13-11(14-7-8)17-10-4-2-1-3-9(10)15-16-17/h1-4,6-7H,5H2. The minimum atomic E-state index is 0.401. The zero-order chi connectivity index (χ0) is 11.7. The fourth-order valence-electron chi connectivity index (χ4n) is 1.54. The summed E-state index contributed by atoms with van der Waals surface area (Å²) >= 11 is 5.68. The SMILES string of the molecule is ClCc1cnc(-n2nnc3ccccc32)nc1. The van der Waals surface area contributed by atoms with Gasteiger partial charge in [0.15, 0.2) is 0 Å². The molecule has 2 heterocycles. The summed E-state index contributed by atoms with van der Waals surface area (Å²) in [5.41, 5.74) is 2.57. The average Bonchev–Trinajstić information content (AvgIpc) is 2.83. The second-order valence-corrected chi connectivity index (χ2v) is 3.78. The molecule has 1 aromatic carbocycles. The third-order valence-electron chi connectivity index (χ3n) is 2.39. The Morgan fingerprint density at radius 3 is 2.65 bits per heavy atom. The van der Waals surface area contributed by atoms with Gasteiger partial charge in [-0.15, -0.1) is 16.7 Å². The molecule has 0 aliphatic rings. The molecule has 0 bridgehead atoms. The van der Waals surface area contributed by atoms with Crippen LogP contribution in [0.1, 0.15) is 5.56 Å². The molecule has 0 N–H and O–H groups in total. The maximum Gasteiger partial charge on any atom is 0.252 e. The van der Waals surface area contributed by atoms with E-state index in [9.17, 15) is 0 Å². The summed E-state index contributed by atoms with van der Waals surface area (Å²) in [6, 6.07) is 7.66. The van der Waals surface area contributed by atoms with E-state index in [0.29, 0.717) is 11.8 Å². The number of fused-ring (bicyclic) bond motifs is 1. The maximum absolute atomic E-state index is 5.68. The van der Waals surface area contributed by atoms with E-state index in [4.69, 9.17) is 11.6 Å². The lowest BCUT2D eigenvalue weighted by Gasteiger charge is -2.00. The van der Waals surface area contributed by atoms with Gasteiger partial charge >= 0.3 is 0 Å². The Balaban J connectivity index is 2.13. The first-order valence-corrected chi connectivity index (χ1v) is 5.59. The largest absolute Gasteiger partial charge is 0.252 e. The molecule has 0 atom stereocenters. The van der Waals surface area contributed by atoms with E-state index in [0.717, 1.165) is 16.6 Å². The second-order valence-electron chi connectivity index (χ2n) is 3.51. The summed E-state index contributed by atoms with van der Waals surface area (Å²) in [6.45, 7) is 0. The van der Waals surface area contributed by atoms with Crippen LogP contribution in [0.4, 0.5) is 0 Å². The Morgan fingerprint density at radius 2 is 1.88 bits per heavy atom. The van der Waals surface area contributed by atoms with Crippen LogP contribution in [-0.4, -0.2) is 25.0 Å². The van der Waals surface area contributed by atoms with E-state index in [1.807, 2.05) is 24.3 Å². The van der Waals surface area contributed by atoms with Crippen molar-refractivity contribution in [3.63, 3.8) is 0 Å². The monoisotopic (exact) mass is 245 g/mol. The number of benzene rings is 1. The predicted molar refractivity (Wildman–Crippen MR) is 64.0 cm³/mol. The van der Waals surface area contributed by atoms with Gasteiger partial charge in [-0.1, -0.05) is 17.3 Å². The van der Waals surface area contributed by atoms with E-state index in [1.54, 1.807) is 17.1 Å². The van der Waals surface area contributed by atoms with Crippen molar-refractivity contribution in [2.45, 2.75) is 5.88 Å². The Hall–Kier alpha value is -2.01. The molecule has 0 spiro atoms. The topological polar surface area (TPSA) is 56.5 Å². The molecule has 0 radical (unpaired) electrons. The molecule has 3 rings (SSSR count). The first kappa shape index (κ1) is 10.2. The van der Waals surface area contributed by atoms with Crippen molar-refractivity contribution in [2.75, 3.05) is 0 Å². The van der Waals surface area contributed by atoms with Crippen LogP contribution in [0.25, 0.3) is 17.0 Å². The van der Waals surface area contributed by atoms with Gasteiger partial charge in [-0.2, -0.15) is 4.68 Å². The van der Waals surface area contributed by atoms with Gasteiger partial charge in [0.1, 0.15) is 5.52 Å². The van der Waals surface area contributed by atoms with Crippen LogP contribution in [0.15, 0.2) is 36.7 Å². The summed E-state index contributed by atoms with van der Waals surface area (Å²) in [4.78, 5) is 8.41. The van der Waals surface area contributed by atoms with Crippen LogP contribution in [0.2, 0.25) is 0 Å². The van der Waals surface area contributed by atoms with Crippen LogP contribution in [0.5, 0.6) is 0 Å². The Bertz CT molecular complexity index is 646. The molecule has 0 unspecified atom stereocenters. The third kappa shape index (κ3) is 1.74. The first-order valence-electron chi connectivity index (χ1n) is 5.06. The summed E-state index contributed by atoms with van der Waals surface area (Å²) in [5, 5.41) is 8.07. The van der Waals surface area contributed by atoms with Crippen molar-refractivity contribution in [3.05, 3.63) is 42.2 Å². The molecule has 3 aromatic rings. The molecule has 2 aromatic heterocycles. The number of halogens is 1. The fraction of sp³-hybridized carbons (Fsp3) is 0.0909. The smallest absolute Gasteiger partial charge is 0.219 e. The zero-order valence-electron chi connectivity index (χ0n) is 8.79. The Kier molecular flexibility index (Phi) is 2.45. The van der Waals surface area contributed by atoms with Crippen molar-refractivity contribution in [2.24, 2.45) is 0 Å². The number of hydrogen-bond acceptors (Lipinski definition) is 4. The van der Waals surface area contributed by atoms with E-state index >= 15 is 0 Å². The lowest BCUT2D eigenvalue weighted by Crippen LogP contribution is -2.03. The molecule has 0 fully saturated rings. The minimum Gasteiger partial charge on any atom is -0.219 e. The van der Waals surface area contributed by atoms with E-state index in [2.05, 4.69) is 20.3 Å². The zero-order valence-corrected chi connectivity index (χ0v) is 9.54. The van der Waals surface area contributed by atoms with Crippen LogP contribution in [0.3, 0.4) is 0 Å². The van der Waals surface area contributed by atoms with Gasteiger partial charge in [0.2, 0.25) is 0 Å². The highest BCUT2D eigenvalue weighted by atomic mass is 35.5. The van der Waals surface area contributed by atoms with Gasteiger partial charge in [-0.05, 0) is 12.1 Å². The molecule has 0 aliphatic carbocycles. The van der Waals surface area contributed by atoms with Crippen molar-refractivity contribution < 1.29 is 0 Å². The molecule has 84 valence electrons. The molecule has 0 amide bonds. The van der Waals surface area contributed by atoms with Crippen molar-refractivity contribution in [1.82, 2.24) is 25.0 Å². The second kappa shape index (κ2) is 4.10. The van der Waals surface area contributed by atoms with Gasteiger partial charge in [0.05, 0.1) is 11.4 Å². The molecule has 6 heteroatoms.